The predicted octanol–water partition coefficient (Wildman–Crippen LogP) is 2.17. The number of carbonyl (C=O) groups is 1. The first-order chi connectivity index (χ1) is 7.49. The molecule has 1 saturated carbocycles. The number of hydrogen-bond donors (Lipinski definition) is 2. The van der Waals surface area contributed by atoms with E-state index in [2.05, 4.69) is 19.2 Å². The van der Waals surface area contributed by atoms with Crippen LogP contribution in [0.5, 0.6) is 5.75 Å². The molecule has 2 rings (SSSR count). The number of phenolic OH excluding ortho intramolecular Hbond substituents is 1. The van der Waals surface area contributed by atoms with Crippen LogP contribution in [0.1, 0.15) is 30.6 Å². The summed E-state index contributed by atoms with van der Waals surface area (Å²) in [5.41, 5.74) is 0.894. The third kappa shape index (κ3) is 2.35. The van der Waals surface area contributed by atoms with Gasteiger partial charge in [0, 0.05) is 12.1 Å². The minimum absolute atomic E-state index is 0.112. The summed E-state index contributed by atoms with van der Waals surface area (Å²) >= 11 is 0. The van der Waals surface area contributed by atoms with Crippen molar-refractivity contribution in [2.45, 2.75) is 20.3 Å². The standard InChI is InChI=1S/C13H17NO2/c1-13(2)7-10(13)8-14-12(16)9-4-3-5-11(15)6-9/h3-6,10,15H,7-8H2,1-2H3,(H,14,16). The molecule has 1 aliphatic rings. The molecule has 3 nitrogen and oxygen atoms in total. The van der Waals surface area contributed by atoms with E-state index in [1.165, 1.54) is 12.5 Å². The van der Waals surface area contributed by atoms with Gasteiger partial charge in [0.15, 0.2) is 0 Å². The summed E-state index contributed by atoms with van der Waals surface area (Å²) in [5.74, 6) is 0.603. The van der Waals surface area contributed by atoms with Gasteiger partial charge in [-0.25, -0.2) is 0 Å². The minimum atomic E-state index is -0.112. The Bertz CT molecular complexity index is 412. The number of aromatic hydroxyl groups is 1. The molecular weight excluding hydrogens is 202 g/mol. The van der Waals surface area contributed by atoms with Crippen molar-refractivity contribution in [2.24, 2.45) is 11.3 Å². The van der Waals surface area contributed by atoms with Gasteiger partial charge in [-0.15, -0.1) is 0 Å². The van der Waals surface area contributed by atoms with Crippen LogP contribution < -0.4 is 5.32 Å². The fourth-order valence-corrected chi connectivity index (χ4v) is 1.89. The zero-order chi connectivity index (χ0) is 11.8. The average molecular weight is 219 g/mol. The second kappa shape index (κ2) is 3.81. The van der Waals surface area contributed by atoms with Crippen LogP contribution in [0.3, 0.4) is 0 Å². The molecule has 16 heavy (non-hydrogen) atoms. The Kier molecular flexibility index (Phi) is 2.62. The predicted molar refractivity (Wildman–Crippen MR) is 62.3 cm³/mol. The molecule has 1 aromatic rings. The second-order valence-corrected chi connectivity index (χ2v) is 5.15. The quantitative estimate of drug-likeness (QED) is 0.818. The summed E-state index contributed by atoms with van der Waals surface area (Å²) in [6, 6.07) is 6.41. The largest absolute Gasteiger partial charge is 0.508 e. The molecule has 86 valence electrons. The van der Waals surface area contributed by atoms with E-state index in [0.29, 0.717) is 16.9 Å². The fraction of sp³-hybridized carbons (Fsp3) is 0.462. The van der Waals surface area contributed by atoms with E-state index in [1.807, 2.05) is 0 Å². The molecule has 2 N–H and O–H groups in total. The van der Waals surface area contributed by atoms with E-state index < -0.39 is 0 Å². The number of hydrogen-bond acceptors (Lipinski definition) is 2. The first kappa shape index (κ1) is 11.0. The SMILES string of the molecule is CC1(C)CC1CNC(=O)c1cccc(O)c1. The lowest BCUT2D eigenvalue weighted by Gasteiger charge is -2.06. The van der Waals surface area contributed by atoms with Crippen LogP contribution in [0.15, 0.2) is 24.3 Å². The highest BCUT2D eigenvalue weighted by molar-refractivity contribution is 5.94. The summed E-state index contributed by atoms with van der Waals surface area (Å²) in [5, 5.41) is 12.1. The van der Waals surface area contributed by atoms with Crippen LogP contribution >= 0.6 is 0 Å². The van der Waals surface area contributed by atoms with E-state index in [1.54, 1.807) is 18.2 Å². The van der Waals surface area contributed by atoms with Gasteiger partial charge >= 0.3 is 0 Å². The molecule has 1 aromatic carbocycles. The number of nitrogens with one attached hydrogen (secondary N) is 1. The second-order valence-electron chi connectivity index (χ2n) is 5.15. The number of benzene rings is 1. The van der Waals surface area contributed by atoms with Crippen molar-refractivity contribution in [3.05, 3.63) is 29.8 Å². The van der Waals surface area contributed by atoms with Gasteiger partial charge in [-0.2, -0.15) is 0 Å². The maximum absolute atomic E-state index is 11.7. The molecule has 1 atom stereocenters. The van der Waals surface area contributed by atoms with Crippen LogP contribution in [0.2, 0.25) is 0 Å². The van der Waals surface area contributed by atoms with E-state index >= 15 is 0 Å². The Balaban J connectivity index is 1.89. The van der Waals surface area contributed by atoms with Gasteiger partial charge in [-0.1, -0.05) is 19.9 Å². The Morgan fingerprint density at radius 3 is 2.81 bits per heavy atom. The summed E-state index contributed by atoms with van der Waals surface area (Å²) < 4.78 is 0. The first-order valence-corrected chi connectivity index (χ1v) is 5.56. The molecular formula is C13H17NO2. The number of rotatable bonds is 3. The van der Waals surface area contributed by atoms with E-state index in [9.17, 15) is 9.90 Å². The van der Waals surface area contributed by atoms with Crippen LogP contribution in [-0.2, 0) is 0 Å². The molecule has 0 aromatic heterocycles. The molecule has 0 saturated heterocycles. The lowest BCUT2D eigenvalue weighted by Crippen LogP contribution is -2.26. The van der Waals surface area contributed by atoms with Gasteiger partial charge in [0.2, 0.25) is 0 Å². The van der Waals surface area contributed by atoms with E-state index in [-0.39, 0.29) is 11.7 Å². The highest BCUT2D eigenvalue weighted by atomic mass is 16.3. The van der Waals surface area contributed by atoms with Crippen molar-refractivity contribution < 1.29 is 9.90 Å². The molecule has 3 heteroatoms. The van der Waals surface area contributed by atoms with Crippen LogP contribution in [0, 0.1) is 11.3 Å². The third-order valence-electron chi connectivity index (χ3n) is 3.33. The van der Waals surface area contributed by atoms with Gasteiger partial charge < -0.3 is 10.4 Å². The molecule has 0 radical (unpaired) electrons. The molecule has 0 aliphatic heterocycles. The van der Waals surface area contributed by atoms with Crippen molar-refractivity contribution in [3.8, 4) is 5.75 Å². The smallest absolute Gasteiger partial charge is 0.251 e. The Morgan fingerprint density at radius 1 is 1.56 bits per heavy atom. The summed E-state index contributed by atoms with van der Waals surface area (Å²) in [6.45, 7) is 5.14. The molecule has 0 spiro atoms. The first-order valence-electron chi connectivity index (χ1n) is 5.56. The lowest BCUT2D eigenvalue weighted by atomic mass is 10.1. The Morgan fingerprint density at radius 2 is 2.25 bits per heavy atom. The number of phenols is 1. The fourth-order valence-electron chi connectivity index (χ4n) is 1.89. The zero-order valence-electron chi connectivity index (χ0n) is 9.66. The van der Waals surface area contributed by atoms with Crippen molar-refractivity contribution in [3.63, 3.8) is 0 Å². The summed E-state index contributed by atoms with van der Waals surface area (Å²) in [4.78, 5) is 11.7. The van der Waals surface area contributed by atoms with Gasteiger partial charge in [-0.05, 0) is 36.0 Å². The lowest BCUT2D eigenvalue weighted by molar-refractivity contribution is 0.0950. The number of carbonyl (C=O) groups excluding carboxylic acids is 1. The van der Waals surface area contributed by atoms with Gasteiger partial charge in [0.05, 0.1) is 0 Å². The average Bonchev–Trinajstić information content (AvgIpc) is 2.83. The molecule has 1 fully saturated rings. The van der Waals surface area contributed by atoms with E-state index in [0.717, 1.165) is 6.54 Å². The van der Waals surface area contributed by atoms with Gasteiger partial charge in [-0.3, -0.25) is 4.79 Å². The van der Waals surface area contributed by atoms with Crippen LogP contribution in [0.4, 0.5) is 0 Å². The highest BCUT2D eigenvalue weighted by Gasteiger charge is 2.45. The Hall–Kier alpha value is -1.51. The van der Waals surface area contributed by atoms with Crippen molar-refractivity contribution in [1.82, 2.24) is 5.32 Å². The summed E-state index contributed by atoms with van der Waals surface area (Å²) in [7, 11) is 0. The topological polar surface area (TPSA) is 49.3 Å². The van der Waals surface area contributed by atoms with Gasteiger partial charge in [0.25, 0.3) is 5.91 Å². The molecule has 1 amide bonds. The maximum atomic E-state index is 11.7. The minimum Gasteiger partial charge on any atom is -0.508 e. The molecule has 0 heterocycles. The summed E-state index contributed by atoms with van der Waals surface area (Å²) in [6.07, 6.45) is 1.17. The van der Waals surface area contributed by atoms with Crippen molar-refractivity contribution in [1.29, 1.82) is 0 Å². The highest BCUT2D eigenvalue weighted by Crippen LogP contribution is 2.50. The van der Waals surface area contributed by atoms with Crippen LogP contribution in [0.25, 0.3) is 0 Å². The molecule has 1 aliphatic carbocycles. The Labute approximate surface area is 95.5 Å². The van der Waals surface area contributed by atoms with Gasteiger partial charge in [0.1, 0.15) is 5.75 Å². The number of amides is 1. The normalized spacial score (nSPS) is 21.5. The molecule has 0 bridgehead atoms. The third-order valence-corrected chi connectivity index (χ3v) is 3.33. The van der Waals surface area contributed by atoms with E-state index in [4.69, 9.17) is 0 Å². The monoisotopic (exact) mass is 219 g/mol. The van der Waals surface area contributed by atoms with Crippen molar-refractivity contribution >= 4 is 5.91 Å². The zero-order valence-corrected chi connectivity index (χ0v) is 9.66. The molecule has 1 unspecified atom stereocenters. The van der Waals surface area contributed by atoms with Crippen LogP contribution in [-0.4, -0.2) is 17.6 Å². The van der Waals surface area contributed by atoms with Crippen molar-refractivity contribution in [2.75, 3.05) is 6.54 Å². The maximum Gasteiger partial charge on any atom is 0.251 e.